The molecule has 25 heavy (non-hydrogen) atoms. The second-order valence-corrected chi connectivity index (χ2v) is 6.31. The highest BCUT2D eigenvalue weighted by Crippen LogP contribution is 2.30. The molecule has 0 aliphatic rings. The van der Waals surface area contributed by atoms with Crippen LogP contribution in [0.1, 0.15) is 17.3 Å². The minimum Gasteiger partial charge on any atom is -0.497 e. The second kappa shape index (κ2) is 7.89. The van der Waals surface area contributed by atoms with E-state index in [9.17, 15) is 13.2 Å². The van der Waals surface area contributed by atoms with Gasteiger partial charge in [0.1, 0.15) is 17.2 Å². The van der Waals surface area contributed by atoms with Crippen molar-refractivity contribution in [1.29, 1.82) is 0 Å². The molecule has 0 fully saturated rings. The van der Waals surface area contributed by atoms with Crippen LogP contribution in [0.4, 0.5) is 0 Å². The molecule has 0 bridgehead atoms. The molecular weight excluding hydrogens is 348 g/mol. The van der Waals surface area contributed by atoms with E-state index in [4.69, 9.17) is 18.4 Å². The van der Waals surface area contributed by atoms with Crippen molar-refractivity contribution < 1.29 is 31.6 Å². The summed E-state index contributed by atoms with van der Waals surface area (Å²) in [6.07, 6.45) is 0. The standard InChI is InChI=1S/C17H18O7S/c1-4-23-17(18)12-5-7-13(8-6-12)24-25(19,20)16-11-14(21-2)9-10-15(16)22-3/h5-11H,4H2,1-3H3. The van der Waals surface area contributed by atoms with Gasteiger partial charge in [-0.05, 0) is 43.3 Å². The van der Waals surface area contributed by atoms with Gasteiger partial charge in [0.15, 0.2) is 4.90 Å². The number of hydrogen-bond donors (Lipinski definition) is 0. The van der Waals surface area contributed by atoms with Crippen molar-refractivity contribution in [3.63, 3.8) is 0 Å². The van der Waals surface area contributed by atoms with Gasteiger partial charge in [0.05, 0.1) is 26.4 Å². The Morgan fingerprint density at radius 1 is 0.960 bits per heavy atom. The molecule has 134 valence electrons. The van der Waals surface area contributed by atoms with Crippen LogP contribution in [-0.4, -0.2) is 35.2 Å². The van der Waals surface area contributed by atoms with Gasteiger partial charge >= 0.3 is 16.1 Å². The molecule has 0 saturated heterocycles. The second-order valence-electron chi connectivity index (χ2n) is 4.80. The Kier molecular flexibility index (Phi) is 5.87. The molecule has 0 radical (unpaired) electrons. The van der Waals surface area contributed by atoms with Crippen molar-refractivity contribution in [3.05, 3.63) is 48.0 Å². The fraction of sp³-hybridized carbons (Fsp3) is 0.235. The number of esters is 1. The smallest absolute Gasteiger partial charge is 0.343 e. The number of carbonyl (C=O) groups excluding carboxylic acids is 1. The molecule has 0 unspecified atom stereocenters. The lowest BCUT2D eigenvalue weighted by Gasteiger charge is -2.12. The van der Waals surface area contributed by atoms with Crippen molar-refractivity contribution in [3.8, 4) is 17.2 Å². The minimum absolute atomic E-state index is 0.0536. The summed E-state index contributed by atoms with van der Waals surface area (Å²) >= 11 is 0. The van der Waals surface area contributed by atoms with Gasteiger partial charge in [-0.15, -0.1) is 0 Å². The predicted molar refractivity (Wildman–Crippen MR) is 89.8 cm³/mol. The number of hydrogen-bond acceptors (Lipinski definition) is 7. The summed E-state index contributed by atoms with van der Waals surface area (Å²) in [5.74, 6) is 0.0360. The fourth-order valence-electron chi connectivity index (χ4n) is 2.01. The van der Waals surface area contributed by atoms with E-state index >= 15 is 0 Å². The summed E-state index contributed by atoms with van der Waals surface area (Å²) < 4.78 is 45.1. The predicted octanol–water partition coefficient (Wildman–Crippen LogP) is 2.65. The molecule has 0 aromatic heterocycles. The number of rotatable bonds is 7. The summed E-state index contributed by atoms with van der Waals surface area (Å²) in [5, 5.41) is 0. The van der Waals surface area contributed by atoms with Crippen molar-refractivity contribution in [1.82, 2.24) is 0 Å². The van der Waals surface area contributed by atoms with Crippen LogP contribution in [-0.2, 0) is 14.9 Å². The maximum atomic E-state index is 12.5. The van der Waals surface area contributed by atoms with Crippen LogP contribution in [0.15, 0.2) is 47.4 Å². The molecule has 0 spiro atoms. The zero-order chi connectivity index (χ0) is 18.4. The van der Waals surface area contributed by atoms with Crippen LogP contribution < -0.4 is 13.7 Å². The summed E-state index contributed by atoms with van der Waals surface area (Å²) in [5.41, 5.74) is 0.297. The quantitative estimate of drug-likeness (QED) is 0.550. The van der Waals surface area contributed by atoms with Gasteiger partial charge in [0.2, 0.25) is 0 Å². The lowest BCUT2D eigenvalue weighted by atomic mass is 10.2. The molecule has 7 nitrogen and oxygen atoms in total. The largest absolute Gasteiger partial charge is 0.497 e. The average molecular weight is 366 g/mol. The Labute approximate surface area is 146 Å². The Bertz CT molecular complexity index is 842. The zero-order valence-corrected chi connectivity index (χ0v) is 14.8. The Morgan fingerprint density at radius 3 is 2.16 bits per heavy atom. The number of methoxy groups -OCH3 is 2. The normalized spacial score (nSPS) is 10.8. The van der Waals surface area contributed by atoms with E-state index in [1.165, 1.54) is 50.6 Å². The van der Waals surface area contributed by atoms with Gasteiger partial charge in [0.25, 0.3) is 0 Å². The van der Waals surface area contributed by atoms with Crippen molar-refractivity contribution >= 4 is 16.1 Å². The van der Waals surface area contributed by atoms with Crippen molar-refractivity contribution in [2.24, 2.45) is 0 Å². The third-order valence-electron chi connectivity index (χ3n) is 3.21. The van der Waals surface area contributed by atoms with E-state index < -0.39 is 16.1 Å². The monoisotopic (exact) mass is 366 g/mol. The zero-order valence-electron chi connectivity index (χ0n) is 14.0. The van der Waals surface area contributed by atoms with Gasteiger partial charge in [0, 0.05) is 6.07 Å². The maximum Gasteiger partial charge on any atom is 0.343 e. The molecule has 2 aromatic carbocycles. The lowest BCUT2D eigenvalue weighted by molar-refractivity contribution is 0.0526. The Balaban J connectivity index is 2.28. The average Bonchev–Trinajstić information content (AvgIpc) is 2.61. The van der Waals surface area contributed by atoms with Gasteiger partial charge in [-0.2, -0.15) is 8.42 Å². The fourth-order valence-corrected chi connectivity index (χ4v) is 3.12. The lowest BCUT2D eigenvalue weighted by Crippen LogP contribution is -2.12. The molecule has 0 saturated carbocycles. The first-order valence-electron chi connectivity index (χ1n) is 7.35. The number of benzene rings is 2. The van der Waals surface area contributed by atoms with Crippen LogP contribution in [0.2, 0.25) is 0 Å². The van der Waals surface area contributed by atoms with Crippen LogP contribution in [0.5, 0.6) is 17.2 Å². The topological polar surface area (TPSA) is 88.1 Å². The Hall–Kier alpha value is -2.74. The summed E-state index contributed by atoms with van der Waals surface area (Å²) in [6, 6.07) is 9.94. The minimum atomic E-state index is -4.15. The molecule has 0 heterocycles. The number of ether oxygens (including phenoxy) is 3. The van der Waals surface area contributed by atoms with E-state index in [-0.39, 0.29) is 23.0 Å². The van der Waals surface area contributed by atoms with Crippen molar-refractivity contribution in [2.75, 3.05) is 20.8 Å². The first-order valence-corrected chi connectivity index (χ1v) is 8.75. The highest BCUT2D eigenvalue weighted by Gasteiger charge is 2.23. The van der Waals surface area contributed by atoms with E-state index in [0.29, 0.717) is 11.3 Å². The van der Waals surface area contributed by atoms with Crippen LogP contribution in [0, 0.1) is 0 Å². The molecule has 0 N–H and O–H groups in total. The van der Waals surface area contributed by atoms with Crippen LogP contribution in [0.3, 0.4) is 0 Å². The molecular formula is C17H18O7S. The van der Waals surface area contributed by atoms with E-state index in [0.717, 1.165) is 0 Å². The third-order valence-corrected chi connectivity index (χ3v) is 4.48. The van der Waals surface area contributed by atoms with Gasteiger partial charge in [-0.25, -0.2) is 4.79 Å². The molecule has 0 aliphatic heterocycles. The summed E-state index contributed by atoms with van der Waals surface area (Å²) in [4.78, 5) is 11.4. The SMILES string of the molecule is CCOC(=O)c1ccc(OS(=O)(=O)c2cc(OC)ccc2OC)cc1. The molecule has 2 aromatic rings. The van der Waals surface area contributed by atoms with Gasteiger partial charge in [-0.1, -0.05) is 0 Å². The molecule has 0 atom stereocenters. The summed E-state index contributed by atoms with van der Waals surface area (Å²) in [6.45, 7) is 1.95. The van der Waals surface area contributed by atoms with Crippen LogP contribution >= 0.6 is 0 Å². The third kappa shape index (κ3) is 4.42. The molecule has 0 aliphatic carbocycles. The van der Waals surface area contributed by atoms with E-state index in [1.807, 2.05) is 0 Å². The van der Waals surface area contributed by atoms with E-state index in [2.05, 4.69) is 0 Å². The molecule has 0 amide bonds. The van der Waals surface area contributed by atoms with Crippen molar-refractivity contribution in [2.45, 2.75) is 11.8 Å². The van der Waals surface area contributed by atoms with E-state index in [1.54, 1.807) is 13.0 Å². The maximum absolute atomic E-state index is 12.5. The molecule has 8 heteroatoms. The highest BCUT2D eigenvalue weighted by atomic mass is 32.2. The molecule has 2 rings (SSSR count). The van der Waals surface area contributed by atoms with Gasteiger partial charge < -0.3 is 18.4 Å². The first-order chi connectivity index (χ1) is 11.9. The summed E-state index contributed by atoms with van der Waals surface area (Å²) in [7, 11) is -1.37. The highest BCUT2D eigenvalue weighted by molar-refractivity contribution is 7.87. The first kappa shape index (κ1) is 18.6. The Morgan fingerprint density at radius 2 is 1.60 bits per heavy atom. The van der Waals surface area contributed by atoms with Gasteiger partial charge in [-0.3, -0.25) is 0 Å². The number of carbonyl (C=O) groups is 1. The van der Waals surface area contributed by atoms with Crippen LogP contribution in [0.25, 0.3) is 0 Å².